The fourth-order valence-corrected chi connectivity index (χ4v) is 1.88. The van der Waals surface area contributed by atoms with Gasteiger partial charge in [0.25, 0.3) is 0 Å². The molecule has 0 spiro atoms. The van der Waals surface area contributed by atoms with Crippen molar-refractivity contribution in [3.8, 4) is 0 Å². The van der Waals surface area contributed by atoms with Crippen LogP contribution in [0.15, 0.2) is 18.2 Å². The molecule has 0 unspecified atom stereocenters. The summed E-state index contributed by atoms with van der Waals surface area (Å²) in [6, 6.07) is 4.00. The summed E-state index contributed by atoms with van der Waals surface area (Å²) in [6.45, 7) is 0. The van der Waals surface area contributed by atoms with Crippen molar-refractivity contribution >= 4 is 17.5 Å². The SMILES string of the molecule is NC(=O)c1cc(F)cc(Cl)c1.NC1CCCC1. The molecule has 0 aliphatic heterocycles. The predicted molar refractivity (Wildman–Crippen MR) is 66.4 cm³/mol. The Morgan fingerprint density at radius 3 is 2.24 bits per heavy atom. The Kier molecular flexibility index (Phi) is 5.38. The lowest BCUT2D eigenvalue weighted by molar-refractivity contribution is 0.1000. The molecule has 2 rings (SSSR count). The lowest BCUT2D eigenvalue weighted by Gasteiger charge is -1.95. The quantitative estimate of drug-likeness (QED) is 0.812. The molecular weight excluding hydrogens is 243 g/mol. The number of rotatable bonds is 1. The monoisotopic (exact) mass is 258 g/mol. The van der Waals surface area contributed by atoms with E-state index in [1.165, 1.54) is 31.7 Å². The third-order valence-electron chi connectivity index (χ3n) is 2.55. The number of primary amides is 1. The molecule has 17 heavy (non-hydrogen) atoms. The second kappa shape index (κ2) is 6.57. The van der Waals surface area contributed by atoms with E-state index < -0.39 is 11.7 Å². The highest BCUT2D eigenvalue weighted by atomic mass is 35.5. The second-order valence-corrected chi connectivity index (χ2v) is 4.50. The summed E-state index contributed by atoms with van der Waals surface area (Å²) in [4.78, 5) is 10.5. The largest absolute Gasteiger partial charge is 0.366 e. The minimum absolute atomic E-state index is 0.0787. The average molecular weight is 259 g/mol. The molecule has 0 heterocycles. The van der Waals surface area contributed by atoms with E-state index in [4.69, 9.17) is 23.1 Å². The summed E-state index contributed by atoms with van der Waals surface area (Å²) in [5.41, 5.74) is 10.5. The van der Waals surface area contributed by atoms with Gasteiger partial charge >= 0.3 is 0 Å². The first-order chi connectivity index (χ1) is 7.99. The molecule has 1 aromatic carbocycles. The molecular formula is C12H16ClFN2O. The van der Waals surface area contributed by atoms with Crippen molar-refractivity contribution < 1.29 is 9.18 Å². The molecule has 1 amide bonds. The number of carbonyl (C=O) groups excluding carboxylic acids is 1. The number of benzene rings is 1. The summed E-state index contributed by atoms with van der Waals surface area (Å²) in [5, 5.41) is 0.166. The Morgan fingerprint density at radius 1 is 1.29 bits per heavy atom. The number of halogens is 2. The van der Waals surface area contributed by atoms with E-state index in [0.717, 1.165) is 12.1 Å². The topological polar surface area (TPSA) is 69.1 Å². The lowest BCUT2D eigenvalue weighted by atomic mass is 10.2. The van der Waals surface area contributed by atoms with E-state index in [1.807, 2.05) is 0 Å². The highest BCUT2D eigenvalue weighted by molar-refractivity contribution is 6.30. The third kappa shape index (κ3) is 5.15. The minimum Gasteiger partial charge on any atom is -0.366 e. The molecule has 3 nitrogen and oxygen atoms in total. The maximum absolute atomic E-state index is 12.5. The van der Waals surface area contributed by atoms with Gasteiger partial charge in [0.2, 0.25) is 5.91 Å². The Hall–Kier alpha value is -1.13. The van der Waals surface area contributed by atoms with E-state index in [2.05, 4.69) is 0 Å². The van der Waals surface area contributed by atoms with Gasteiger partial charge in [-0.1, -0.05) is 24.4 Å². The standard InChI is InChI=1S/C7H5ClFNO.C5H11N/c8-5-1-4(7(10)11)2-6(9)3-5;6-5-3-1-2-4-5/h1-3H,(H2,10,11);5H,1-4,6H2. The molecule has 1 aliphatic carbocycles. The second-order valence-electron chi connectivity index (χ2n) is 4.07. The molecule has 0 bridgehead atoms. The van der Waals surface area contributed by atoms with Crippen LogP contribution in [0.2, 0.25) is 5.02 Å². The van der Waals surface area contributed by atoms with Crippen LogP contribution in [0.25, 0.3) is 0 Å². The van der Waals surface area contributed by atoms with Gasteiger partial charge in [-0.05, 0) is 31.0 Å². The van der Waals surface area contributed by atoms with Gasteiger partial charge in [0.05, 0.1) is 0 Å². The number of hydrogen-bond donors (Lipinski definition) is 2. The van der Waals surface area contributed by atoms with Crippen molar-refractivity contribution in [3.05, 3.63) is 34.6 Å². The molecule has 94 valence electrons. The van der Waals surface area contributed by atoms with Crippen LogP contribution in [0, 0.1) is 5.82 Å². The Bertz CT molecular complexity index is 372. The Balaban J connectivity index is 0.000000202. The minimum atomic E-state index is -0.689. The maximum atomic E-state index is 12.5. The van der Waals surface area contributed by atoms with Crippen LogP contribution in [0.5, 0.6) is 0 Å². The molecule has 4 N–H and O–H groups in total. The number of carbonyl (C=O) groups is 1. The van der Waals surface area contributed by atoms with E-state index in [9.17, 15) is 9.18 Å². The smallest absolute Gasteiger partial charge is 0.248 e. The van der Waals surface area contributed by atoms with Gasteiger partial charge < -0.3 is 11.5 Å². The molecule has 1 aromatic rings. The van der Waals surface area contributed by atoms with Gasteiger partial charge in [0.1, 0.15) is 5.82 Å². The fourth-order valence-electron chi connectivity index (χ4n) is 1.65. The molecule has 0 radical (unpaired) electrons. The zero-order chi connectivity index (χ0) is 12.8. The average Bonchev–Trinajstić information content (AvgIpc) is 2.68. The third-order valence-corrected chi connectivity index (χ3v) is 2.77. The van der Waals surface area contributed by atoms with Gasteiger partial charge in [0.15, 0.2) is 0 Å². The van der Waals surface area contributed by atoms with Gasteiger partial charge in [-0.15, -0.1) is 0 Å². The number of amides is 1. The van der Waals surface area contributed by atoms with Crippen molar-refractivity contribution in [2.24, 2.45) is 11.5 Å². The van der Waals surface area contributed by atoms with Crippen LogP contribution < -0.4 is 11.5 Å². The van der Waals surface area contributed by atoms with E-state index in [-0.39, 0.29) is 10.6 Å². The molecule has 0 saturated heterocycles. The van der Waals surface area contributed by atoms with E-state index in [0.29, 0.717) is 6.04 Å². The van der Waals surface area contributed by atoms with Crippen LogP contribution in [0.1, 0.15) is 36.0 Å². The van der Waals surface area contributed by atoms with Crippen LogP contribution in [0.3, 0.4) is 0 Å². The summed E-state index contributed by atoms with van der Waals surface area (Å²) in [6.07, 6.45) is 5.25. The molecule has 1 saturated carbocycles. The fraction of sp³-hybridized carbons (Fsp3) is 0.417. The van der Waals surface area contributed by atoms with Gasteiger partial charge in [0, 0.05) is 16.6 Å². The summed E-state index contributed by atoms with van der Waals surface area (Å²) >= 11 is 5.45. The molecule has 1 aliphatic rings. The first-order valence-electron chi connectivity index (χ1n) is 5.50. The maximum Gasteiger partial charge on any atom is 0.248 e. The van der Waals surface area contributed by atoms with Crippen molar-refractivity contribution in [2.75, 3.05) is 0 Å². The van der Waals surface area contributed by atoms with Crippen LogP contribution in [-0.2, 0) is 0 Å². The normalized spacial score (nSPS) is 15.2. The first-order valence-corrected chi connectivity index (χ1v) is 5.88. The highest BCUT2D eigenvalue weighted by Crippen LogP contribution is 2.14. The molecule has 0 aromatic heterocycles. The van der Waals surface area contributed by atoms with Crippen molar-refractivity contribution in [1.29, 1.82) is 0 Å². The molecule has 5 heteroatoms. The van der Waals surface area contributed by atoms with Crippen LogP contribution >= 0.6 is 11.6 Å². The van der Waals surface area contributed by atoms with Crippen LogP contribution in [-0.4, -0.2) is 11.9 Å². The molecule has 0 atom stereocenters. The Morgan fingerprint density at radius 2 is 1.88 bits per heavy atom. The van der Waals surface area contributed by atoms with Crippen LogP contribution in [0.4, 0.5) is 4.39 Å². The van der Waals surface area contributed by atoms with Crippen molar-refractivity contribution in [3.63, 3.8) is 0 Å². The van der Waals surface area contributed by atoms with Gasteiger partial charge in [-0.25, -0.2) is 4.39 Å². The predicted octanol–water partition coefficient (Wildman–Crippen LogP) is 2.47. The highest BCUT2D eigenvalue weighted by Gasteiger charge is 2.07. The summed E-state index contributed by atoms with van der Waals surface area (Å²) < 4.78 is 12.5. The van der Waals surface area contributed by atoms with Gasteiger partial charge in [-0.3, -0.25) is 4.79 Å². The first kappa shape index (κ1) is 13.9. The number of nitrogens with two attached hydrogens (primary N) is 2. The zero-order valence-corrected chi connectivity index (χ0v) is 10.2. The Labute approximate surface area is 105 Å². The van der Waals surface area contributed by atoms with E-state index >= 15 is 0 Å². The van der Waals surface area contributed by atoms with E-state index in [1.54, 1.807) is 0 Å². The molecule has 1 fully saturated rings. The van der Waals surface area contributed by atoms with Crippen molar-refractivity contribution in [1.82, 2.24) is 0 Å². The lowest BCUT2D eigenvalue weighted by Crippen LogP contribution is -2.13. The number of hydrogen-bond acceptors (Lipinski definition) is 2. The summed E-state index contributed by atoms with van der Waals surface area (Å²) in [5.74, 6) is -1.25. The summed E-state index contributed by atoms with van der Waals surface area (Å²) in [7, 11) is 0. The van der Waals surface area contributed by atoms with Gasteiger partial charge in [-0.2, -0.15) is 0 Å². The zero-order valence-electron chi connectivity index (χ0n) is 9.46. The van der Waals surface area contributed by atoms with Crippen molar-refractivity contribution in [2.45, 2.75) is 31.7 Å².